The largest absolute Gasteiger partial charge is 0.488 e. The van der Waals surface area contributed by atoms with E-state index in [0.29, 0.717) is 16.8 Å². The first-order valence-electron chi connectivity index (χ1n) is 3.97. The van der Waals surface area contributed by atoms with Crippen LogP contribution in [0.25, 0.3) is 0 Å². The van der Waals surface area contributed by atoms with Gasteiger partial charge in [0.1, 0.15) is 18.2 Å². The van der Waals surface area contributed by atoms with Gasteiger partial charge in [0, 0.05) is 5.54 Å². The highest BCUT2D eigenvalue weighted by molar-refractivity contribution is 9.10. The van der Waals surface area contributed by atoms with Crippen LogP contribution in [0.1, 0.15) is 6.92 Å². The van der Waals surface area contributed by atoms with Gasteiger partial charge in [-0.25, -0.2) is 4.39 Å². The average molecular weight is 280 g/mol. The quantitative estimate of drug-likeness (QED) is 0.809. The Kier molecular flexibility index (Phi) is 4.42. The van der Waals surface area contributed by atoms with Gasteiger partial charge in [0.05, 0.1) is 4.47 Å². The molecular formula is C10H9BrClFO. The summed E-state index contributed by atoms with van der Waals surface area (Å²) < 4.78 is 18.7. The molecule has 0 amide bonds. The fraction of sp³-hybridized carbons (Fsp3) is 0.200. The lowest BCUT2D eigenvalue weighted by atomic mass is 10.3. The molecular weight excluding hydrogens is 270 g/mol. The second-order valence-corrected chi connectivity index (χ2v) is 3.89. The van der Waals surface area contributed by atoms with Crippen molar-refractivity contribution in [1.29, 1.82) is 0 Å². The molecule has 0 aliphatic carbocycles. The number of benzene rings is 1. The SMILES string of the molecule is C/C(=C/Cl)COc1ccc(F)cc1Br. The lowest BCUT2D eigenvalue weighted by Crippen LogP contribution is -1.98. The van der Waals surface area contributed by atoms with Crippen molar-refractivity contribution < 1.29 is 9.13 Å². The normalized spacial score (nSPS) is 11.6. The number of halogens is 3. The summed E-state index contributed by atoms with van der Waals surface area (Å²) in [6.07, 6.45) is 0. The summed E-state index contributed by atoms with van der Waals surface area (Å²) in [6.45, 7) is 2.25. The Hall–Kier alpha value is -0.540. The molecule has 0 aliphatic rings. The molecule has 0 N–H and O–H groups in total. The first-order chi connectivity index (χ1) is 6.63. The van der Waals surface area contributed by atoms with Crippen molar-refractivity contribution in [3.8, 4) is 5.75 Å². The summed E-state index contributed by atoms with van der Waals surface area (Å²) in [5, 5.41) is 0. The summed E-state index contributed by atoms with van der Waals surface area (Å²) >= 11 is 8.67. The van der Waals surface area contributed by atoms with Crippen LogP contribution in [0.2, 0.25) is 0 Å². The average Bonchev–Trinajstić information content (AvgIpc) is 2.16. The van der Waals surface area contributed by atoms with Crippen LogP contribution < -0.4 is 4.74 Å². The lowest BCUT2D eigenvalue weighted by Gasteiger charge is -2.07. The zero-order valence-corrected chi connectivity index (χ0v) is 9.90. The summed E-state index contributed by atoms with van der Waals surface area (Å²) in [6, 6.07) is 4.27. The van der Waals surface area contributed by atoms with Crippen LogP contribution in [0.3, 0.4) is 0 Å². The second kappa shape index (κ2) is 5.37. The van der Waals surface area contributed by atoms with Gasteiger partial charge in [-0.05, 0) is 46.6 Å². The fourth-order valence-electron chi connectivity index (χ4n) is 0.815. The van der Waals surface area contributed by atoms with Crippen LogP contribution in [0, 0.1) is 5.82 Å². The molecule has 0 bridgehead atoms. The van der Waals surface area contributed by atoms with Gasteiger partial charge in [0.2, 0.25) is 0 Å². The maximum atomic E-state index is 12.7. The topological polar surface area (TPSA) is 9.23 Å². The summed E-state index contributed by atoms with van der Waals surface area (Å²) in [7, 11) is 0. The van der Waals surface area contributed by atoms with E-state index in [9.17, 15) is 4.39 Å². The molecule has 76 valence electrons. The van der Waals surface area contributed by atoms with E-state index in [4.69, 9.17) is 16.3 Å². The van der Waals surface area contributed by atoms with Crippen LogP contribution in [0.4, 0.5) is 4.39 Å². The van der Waals surface area contributed by atoms with Crippen molar-refractivity contribution in [1.82, 2.24) is 0 Å². The zero-order valence-electron chi connectivity index (χ0n) is 7.56. The molecule has 14 heavy (non-hydrogen) atoms. The van der Waals surface area contributed by atoms with Crippen molar-refractivity contribution in [2.24, 2.45) is 0 Å². The van der Waals surface area contributed by atoms with E-state index < -0.39 is 0 Å². The minimum absolute atomic E-state index is 0.297. The third-order valence-electron chi connectivity index (χ3n) is 1.54. The Labute approximate surface area is 95.7 Å². The molecule has 0 aliphatic heterocycles. The highest BCUT2D eigenvalue weighted by Crippen LogP contribution is 2.25. The van der Waals surface area contributed by atoms with E-state index in [0.717, 1.165) is 5.57 Å². The summed E-state index contributed by atoms with van der Waals surface area (Å²) in [4.78, 5) is 0. The van der Waals surface area contributed by atoms with Crippen molar-refractivity contribution in [2.45, 2.75) is 6.92 Å². The second-order valence-electron chi connectivity index (χ2n) is 2.82. The van der Waals surface area contributed by atoms with Gasteiger partial charge in [0.15, 0.2) is 0 Å². The third kappa shape index (κ3) is 3.31. The first-order valence-corrected chi connectivity index (χ1v) is 5.20. The van der Waals surface area contributed by atoms with Gasteiger partial charge in [-0.3, -0.25) is 0 Å². The van der Waals surface area contributed by atoms with Gasteiger partial charge < -0.3 is 4.74 Å². The van der Waals surface area contributed by atoms with E-state index in [1.807, 2.05) is 6.92 Å². The Balaban J connectivity index is 2.68. The standard InChI is InChI=1S/C10H9BrClFO/c1-7(5-12)6-14-10-3-2-8(13)4-9(10)11/h2-5H,6H2,1H3/b7-5-. The van der Waals surface area contributed by atoms with Gasteiger partial charge in [-0.1, -0.05) is 11.6 Å². The maximum absolute atomic E-state index is 12.7. The number of rotatable bonds is 3. The molecule has 0 unspecified atom stereocenters. The van der Waals surface area contributed by atoms with E-state index in [2.05, 4.69) is 15.9 Å². The Morgan fingerprint density at radius 1 is 1.64 bits per heavy atom. The van der Waals surface area contributed by atoms with Gasteiger partial charge in [-0.15, -0.1) is 0 Å². The lowest BCUT2D eigenvalue weighted by molar-refractivity contribution is 0.349. The molecule has 1 rings (SSSR count). The van der Waals surface area contributed by atoms with Crippen molar-refractivity contribution in [3.63, 3.8) is 0 Å². The molecule has 0 fully saturated rings. The van der Waals surface area contributed by atoms with Crippen LogP contribution >= 0.6 is 27.5 Å². The first kappa shape index (κ1) is 11.5. The van der Waals surface area contributed by atoms with Crippen molar-refractivity contribution in [3.05, 3.63) is 39.6 Å². The zero-order chi connectivity index (χ0) is 10.6. The summed E-state index contributed by atoms with van der Waals surface area (Å²) in [5.41, 5.74) is 2.36. The minimum Gasteiger partial charge on any atom is -0.488 e. The van der Waals surface area contributed by atoms with E-state index >= 15 is 0 Å². The Bertz CT molecular complexity index is 352. The molecule has 1 nitrogen and oxygen atoms in total. The van der Waals surface area contributed by atoms with Crippen LogP contribution in [0.15, 0.2) is 33.8 Å². The molecule has 0 saturated carbocycles. The molecule has 1 aromatic rings. The maximum Gasteiger partial charge on any atom is 0.134 e. The molecule has 0 atom stereocenters. The van der Waals surface area contributed by atoms with Crippen LogP contribution in [-0.2, 0) is 0 Å². The van der Waals surface area contributed by atoms with Gasteiger partial charge in [0.25, 0.3) is 0 Å². The molecule has 0 spiro atoms. The monoisotopic (exact) mass is 278 g/mol. The smallest absolute Gasteiger partial charge is 0.134 e. The van der Waals surface area contributed by atoms with E-state index in [-0.39, 0.29) is 5.82 Å². The molecule has 4 heteroatoms. The Morgan fingerprint density at radius 2 is 2.36 bits per heavy atom. The molecule has 0 aromatic heterocycles. The predicted molar refractivity (Wildman–Crippen MR) is 59.2 cm³/mol. The minimum atomic E-state index is -0.297. The molecule has 0 radical (unpaired) electrons. The molecule has 1 aromatic carbocycles. The third-order valence-corrected chi connectivity index (χ3v) is 2.53. The highest BCUT2D eigenvalue weighted by Gasteiger charge is 2.02. The van der Waals surface area contributed by atoms with E-state index in [1.54, 1.807) is 6.07 Å². The van der Waals surface area contributed by atoms with Crippen LogP contribution in [-0.4, -0.2) is 6.61 Å². The number of hydrogen-bond acceptors (Lipinski definition) is 1. The predicted octanol–water partition coefficient (Wildman–Crippen LogP) is 4.11. The molecule has 0 heterocycles. The van der Waals surface area contributed by atoms with Gasteiger partial charge in [-0.2, -0.15) is 0 Å². The number of ether oxygens (including phenoxy) is 1. The van der Waals surface area contributed by atoms with Gasteiger partial charge >= 0.3 is 0 Å². The molecule has 0 saturated heterocycles. The fourth-order valence-corrected chi connectivity index (χ4v) is 1.34. The Morgan fingerprint density at radius 3 is 2.93 bits per heavy atom. The highest BCUT2D eigenvalue weighted by atomic mass is 79.9. The summed E-state index contributed by atoms with van der Waals surface area (Å²) in [5.74, 6) is 0.304. The van der Waals surface area contributed by atoms with E-state index in [1.165, 1.54) is 17.7 Å². The van der Waals surface area contributed by atoms with Crippen molar-refractivity contribution in [2.75, 3.05) is 6.61 Å². The number of hydrogen-bond donors (Lipinski definition) is 0. The van der Waals surface area contributed by atoms with Crippen LogP contribution in [0.5, 0.6) is 5.75 Å². The van der Waals surface area contributed by atoms with Crippen molar-refractivity contribution >= 4 is 27.5 Å².